The zero-order valence-corrected chi connectivity index (χ0v) is 14.6. The molecule has 0 saturated heterocycles. The zero-order valence-electron chi connectivity index (χ0n) is 12.2. The first kappa shape index (κ1) is 16.9. The number of nitrogens with one attached hydrogen (secondary N) is 1. The Morgan fingerprint density at radius 1 is 1.12 bits per heavy atom. The van der Waals surface area contributed by atoms with E-state index in [4.69, 9.17) is 11.6 Å². The summed E-state index contributed by atoms with van der Waals surface area (Å²) >= 11 is 8.67. The van der Waals surface area contributed by atoms with Crippen molar-refractivity contribution >= 4 is 46.3 Å². The van der Waals surface area contributed by atoms with Gasteiger partial charge in [-0.3, -0.25) is 4.79 Å². The van der Waals surface area contributed by atoms with Crippen molar-refractivity contribution in [3.8, 4) is 0 Å². The highest BCUT2D eigenvalue weighted by atomic mass is 35.5. The van der Waals surface area contributed by atoms with Crippen molar-refractivity contribution in [2.45, 2.75) is 10.6 Å². The molecule has 0 aliphatic carbocycles. The number of carbonyl (C=O) groups is 1. The van der Waals surface area contributed by atoms with Crippen molar-refractivity contribution in [1.29, 1.82) is 0 Å². The molecule has 8 heteroatoms. The Hall–Kier alpha value is -1.96. The number of rotatable bonds is 5. The van der Waals surface area contributed by atoms with Crippen molar-refractivity contribution in [3.63, 3.8) is 0 Å². The molecule has 0 radical (unpaired) electrons. The highest BCUT2D eigenvalue weighted by Crippen LogP contribution is 2.25. The monoisotopic (exact) mass is 379 g/mol. The van der Waals surface area contributed by atoms with E-state index in [9.17, 15) is 9.18 Å². The number of nitrogens with zero attached hydrogens (tertiary/aromatic N) is 2. The van der Waals surface area contributed by atoms with Gasteiger partial charge < -0.3 is 5.32 Å². The maximum Gasteiger partial charge on any atom is 0.286 e. The SMILES string of the molecule is O=C(Nc1ccc(F)cc1)c1nnc(CSc2ccc(Cl)cc2)s1. The summed E-state index contributed by atoms with van der Waals surface area (Å²) in [6.45, 7) is 0. The lowest BCUT2D eigenvalue weighted by Gasteiger charge is -2.01. The minimum Gasteiger partial charge on any atom is -0.320 e. The molecule has 2 aromatic carbocycles. The number of carbonyl (C=O) groups excluding carboxylic acids is 1. The Kier molecular flexibility index (Phi) is 5.44. The molecule has 0 unspecified atom stereocenters. The van der Waals surface area contributed by atoms with E-state index in [1.165, 1.54) is 35.6 Å². The summed E-state index contributed by atoms with van der Waals surface area (Å²) in [7, 11) is 0. The van der Waals surface area contributed by atoms with E-state index in [0.29, 0.717) is 16.5 Å². The predicted molar refractivity (Wildman–Crippen MR) is 95.3 cm³/mol. The molecule has 0 bridgehead atoms. The van der Waals surface area contributed by atoms with Gasteiger partial charge >= 0.3 is 0 Å². The lowest BCUT2D eigenvalue weighted by Crippen LogP contribution is -2.11. The lowest BCUT2D eigenvalue weighted by atomic mass is 10.3. The van der Waals surface area contributed by atoms with Crippen LogP contribution in [-0.2, 0) is 5.75 Å². The number of benzene rings is 2. The molecule has 1 aromatic heterocycles. The smallest absolute Gasteiger partial charge is 0.286 e. The molecule has 122 valence electrons. The highest BCUT2D eigenvalue weighted by molar-refractivity contribution is 7.98. The first-order valence-electron chi connectivity index (χ1n) is 6.88. The summed E-state index contributed by atoms with van der Waals surface area (Å²) in [5.41, 5.74) is 0.508. The summed E-state index contributed by atoms with van der Waals surface area (Å²) in [5.74, 6) is -0.101. The standard InChI is InChI=1S/C16H11ClFN3OS2/c17-10-1-7-13(8-2-10)23-9-14-20-21-16(24-14)15(22)19-12-5-3-11(18)4-6-12/h1-8H,9H2,(H,19,22). The molecule has 0 fully saturated rings. The van der Waals surface area contributed by atoms with Gasteiger partial charge in [0, 0.05) is 15.6 Å². The molecule has 0 spiro atoms. The molecule has 0 saturated carbocycles. The van der Waals surface area contributed by atoms with E-state index >= 15 is 0 Å². The van der Waals surface area contributed by atoms with Gasteiger partial charge in [0.05, 0.1) is 5.75 Å². The van der Waals surface area contributed by atoms with Gasteiger partial charge in [-0.15, -0.1) is 22.0 Å². The molecular weight excluding hydrogens is 369 g/mol. The number of aromatic nitrogens is 2. The maximum atomic E-state index is 12.9. The van der Waals surface area contributed by atoms with Gasteiger partial charge in [0.15, 0.2) is 0 Å². The van der Waals surface area contributed by atoms with E-state index in [2.05, 4.69) is 15.5 Å². The topological polar surface area (TPSA) is 54.9 Å². The Balaban J connectivity index is 1.59. The van der Waals surface area contributed by atoms with Gasteiger partial charge in [-0.25, -0.2) is 4.39 Å². The molecule has 1 heterocycles. The van der Waals surface area contributed by atoms with Crippen LogP contribution < -0.4 is 5.32 Å². The number of halogens is 2. The molecule has 0 atom stereocenters. The number of hydrogen-bond acceptors (Lipinski definition) is 5. The molecule has 1 N–H and O–H groups in total. The van der Waals surface area contributed by atoms with Crippen LogP contribution in [-0.4, -0.2) is 16.1 Å². The average molecular weight is 380 g/mol. The fourth-order valence-electron chi connectivity index (χ4n) is 1.80. The van der Waals surface area contributed by atoms with Crippen molar-refractivity contribution in [1.82, 2.24) is 10.2 Å². The molecular formula is C16H11ClFN3OS2. The number of amides is 1. The van der Waals surface area contributed by atoms with E-state index < -0.39 is 0 Å². The van der Waals surface area contributed by atoms with Gasteiger partial charge in [-0.2, -0.15) is 0 Å². The van der Waals surface area contributed by atoms with E-state index in [-0.39, 0.29) is 16.7 Å². The fourth-order valence-corrected chi connectivity index (χ4v) is 3.54. The molecule has 3 rings (SSSR count). The molecule has 0 aliphatic heterocycles. The van der Waals surface area contributed by atoms with Crippen LogP contribution in [0.5, 0.6) is 0 Å². The minimum absolute atomic E-state index is 0.269. The summed E-state index contributed by atoms with van der Waals surface area (Å²) in [6.07, 6.45) is 0. The van der Waals surface area contributed by atoms with Gasteiger partial charge in [0.1, 0.15) is 10.8 Å². The molecule has 24 heavy (non-hydrogen) atoms. The molecule has 1 amide bonds. The Morgan fingerprint density at radius 2 is 1.83 bits per heavy atom. The van der Waals surface area contributed by atoms with E-state index in [1.807, 2.05) is 24.3 Å². The van der Waals surface area contributed by atoms with E-state index in [0.717, 1.165) is 9.90 Å². The Morgan fingerprint density at radius 3 is 2.54 bits per heavy atom. The first-order chi connectivity index (χ1) is 11.6. The van der Waals surface area contributed by atoms with Crippen LogP contribution in [0.1, 0.15) is 14.8 Å². The van der Waals surface area contributed by atoms with Crippen molar-refractivity contribution < 1.29 is 9.18 Å². The van der Waals surface area contributed by atoms with E-state index in [1.54, 1.807) is 11.8 Å². The fraction of sp³-hybridized carbons (Fsp3) is 0.0625. The average Bonchev–Trinajstić information content (AvgIpc) is 3.06. The second-order valence-electron chi connectivity index (χ2n) is 4.70. The van der Waals surface area contributed by atoms with Crippen LogP contribution in [0, 0.1) is 5.82 Å². The van der Waals surface area contributed by atoms with Crippen molar-refractivity contribution in [3.05, 3.63) is 69.4 Å². The van der Waals surface area contributed by atoms with Crippen LogP contribution in [0.25, 0.3) is 0 Å². The van der Waals surface area contributed by atoms with Crippen LogP contribution >= 0.6 is 34.7 Å². The van der Waals surface area contributed by atoms with Crippen molar-refractivity contribution in [2.24, 2.45) is 0 Å². The Labute approximate surface area is 151 Å². The zero-order chi connectivity index (χ0) is 16.9. The van der Waals surface area contributed by atoms with Crippen LogP contribution in [0.3, 0.4) is 0 Å². The molecule has 3 aromatic rings. The summed E-state index contributed by atoms with van der Waals surface area (Å²) in [4.78, 5) is 13.2. The summed E-state index contributed by atoms with van der Waals surface area (Å²) in [5, 5.41) is 12.3. The van der Waals surface area contributed by atoms with Gasteiger partial charge in [-0.05, 0) is 48.5 Å². The third-order valence-electron chi connectivity index (χ3n) is 2.94. The number of anilines is 1. The third-order valence-corrected chi connectivity index (χ3v) is 5.32. The number of thioether (sulfide) groups is 1. The van der Waals surface area contributed by atoms with Crippen LogP contribution in [0.2, 0.25) is 5.02 Å². The predicted octanol–water partition coefficient (Wildman–Crippen LogP) is 4.88. The normalized spacial score (nSPS) is 10.6. The summed E-state index contributed by atoms with van der Waals surface area (Å²) < 4.78 is 12.9. The van der Waals surface area contributed by atoms with Gasteiger partial charge in [0.2, 0.25) is 5.01 Å². The quantitative estimate of drug-likeness (QED) is 0.642. The molecule has 4 nitrogen and oxygen atoms in total. The Bertz CT molecular complexity index is 837. The summed E-state index contributed by atoms with van der Waals surface area (Å²) in [6, 6.07) is 13.1. The second-order valence-corrected chi connectivity index (χ2v) is 7.25. The lowest BCUT2D eigenvalue weighted by molar-refractivity contribution is 0.102. The van der Waals surface area contributed by atoms with Crippen molar-refractivity contribution in [2.75, 3.05) is 5.32 Å². The minimum atomic E-state index is -0.359. The van der Waals surface area contributed by atoms with Crippen LogP contribution in [0.15, 0.2) is 53.4 Å². The number of hydrogen-bond donors (Lipinski definition) is 1. The highest BCUT2D eigenvalue weighted by Gasteiger charge is 2.13. The maximum absolute atomic E-state index is 12.9. The largest absolute Gasteiger partial charge is 0.320 e. The first-order valence-corrected chi connectivity index (χ1v) is 9.06. The van der Waals surface area contributed by atoms with Crippen LogP contribution in [0.4, 0.5) is 10.1 Å². The van der Waals surface area contributed by atoms with Gasteiger partial charge in [-0.1, -0.05) is 22.9 Å². The van der Waals surface area contributed by atoms with Gasteiger partial charge in [0.25, 0.3) is 5.91 Å². The third kappa shape index (κ3) is 4.53. The second kappa shape index (κ2) is 7.74. The molecule has 0 aliphatic rings.